The number of carbonyl (C=O) groups excluding carboxylic acids is 2. The van der Waals surface area contributed by atoms with Crippen LogP contribution in [0.3, 0.4) is 0 Å². The first-order valence-corrected chi connectivity index (χ1v) is 11.0. The van der Waals surface area contributed by atoms with Gasteiger partial charge in [-0.25, -0.2) is 5.01 Å². The maximum absolute atomic E-state index is 13.2. The van der Waals surface area contributed by atoms with E-state index in [4.69, 9.17) is 23.2 Å². The minimum absolute atomic E-state index is 0.351. The Hall–Kier alpha value is -3.54. The molecule has 0 fully saturated rings. The van der Waals surface area contributed by atoms with Crippen molar-refractivity contribution < 1.29 is 9.59 Å². The van der Waals surface area contributed by atoms with E-state index in [0.717, 1.165) is 11.3 Å². The van der Waals surface area contributed by atoms with E-state index < -0.39 is 0 Å². The van der Waals surface area contributed by atoms with Crippen molar-refractivity contribution in [2.75, 3.05) is 19.0 Å². The second-order valence-electron chi connectivity index (χ2n) is 7.69. The molecule has 0 atom stereocenters. The van der Waals surface area contributed by atoms with Gasteiger partial charge in [-0.15, -0.1) is 0 Å². The lowest BCUT2D eigenvalue weighted by Crippen LogP contribution is -2.47. The number of anilines is 1. The summed E-state index contributed by atoms with van der Waals surface area (Å²) in [7, 11) is 3.93. The van der Waals surface area contributed by atoms with Crippen molar-refractivity contribution in [3.8, 4) is 0 Å². The summed E-state index contributed by atoms with van der Waals surface area (Å²) in [5.41, 5.74) is 6.61. The van der Waals surface area contributed by atoms with Crippen molar-refractivity contribution >= 4 is 52.5 Å². The summed E-state index contributed by atoms with van der Waals surface area (Å²) in [6.07, 6.45) is 3.45. The molecule has 1 aliphatic rings. The SMILES string of the molecule is CN(C)c1ccc(/C=C2\C=C(c3ccc(Cl)c(Cl)c3)N(C(=O)c3ccccc3)NC2=O)cc1. The van der Waals surface area contributed by atoms with E-state index in [1.807, 2.05) is 49.3 Å². The minimum Gasteiger partial charge on any atom is -0.378 e. The van der Waals surface area contributed by atoms with Gasteiger partial charge in [-0.1, -0.05) is 59.6 Å². The fourth-order valence-corrected chi connectivity index (χ4v) is 3.70. The summed E-state index contributed by atoms with van der Waals surface area (Å²) in [5, 5.41) is 1.99. The van der Waals surface area contributed by atoms with Crippen LogP contribution in [0.15, 0.2) is 84.4 Å². The van der Waals surface area contributed by atoms with E-state index in [0.29, 0.717) is 32.4 Å². The van der Waals surface area contributed by atoms with Gasteiger partial charge in [0.05, 0.1) is 15.7 Å². The second kappa shape index (κ2) is 9.53. The molecular formula is C26H21Cl2N3O2. The zero-order valence-electron chi connectivity index (χ0n) is 18.0. The molecule has 1 aliphatic heterocycles. The van der Waals surface area contributed by atoms with Crippen LogP contribution in [0, 0.1) is 0 Å². The molecular weight excluding hydrogens is 457 g/mol. The van der Waals surface area contributed by atoms with Gasteiger partial charge in [0.15, 0.2) is 0 Å². The minimum atomic E-state index is -0.389. The van der Waals surface area contributed by atoms with Crippen LogP contribution in [0.4, 0.5) is 5.69 Å². The van der Waals surface area contributed by atoms with Crippen LogP contribution in [0.5, 0.6) is 0 Å². The highest BCUT2D eigenvalue weighted by Crippen LogP contribution is 2.31. The average Bonchev–Trinajstić information content (AvgIpc) is 2.82. The van der Waals surface area contributed by atoms with E-state index in [-0.39, 0.29) is 11.8 Å². The molecule has 0 saturated heterocycles. The molecule has 1 N–H and O–H groups in total. The molecule has 166 valence electrons. The molecule has 0 aliphatic carbocycles. The molecule has 0 saturated carbocycles. The number of nitrogens with zero attached hydrogens (tertiary/aromatic N) is 2. The van der Waals surface area contributed by atoms with Crippen molar-refractivity contribution in [1.82, 2.24) is 10.4 Å². The Morgan fingerprint density at radius 3 is 2.27 bits per heavy atom. The van der Waals surface area contributed by atoms with Crippen LogP contribution < -0.4 is 10.3 Å². The third-order valence-electron chi connectivity index (χ3n) is 5.18. The number of amides is 2. The Kier molecular flexibility index (Phi) is 6.54. The molecule has 0 unspecified atom stereocenters. The molecule has 0 aromatic heterocycles. The molecule has 1 heterocycles. The number of hydrogen-bond donors (Lipinski definition) is 1. The van der Waals surface area contributed by atoms with E-state index in [9.17, 15) is 9.59 Å². The standard InChI is InChI=1S/C26H21Cl2N3O2/c1-30(2)21-11-8-17(9-12-21)14-20-16-24(19-10-13-22(27)23(28)15-19)31(29-25(20)32)26(33)18-6-4-3-5-7-18/h3-16H,1-2H3,(H,29,32)/b20-14+. The van der Waals surface area contributed by atoms with Crippen LogP contribution in [0.2, 0.25) is 10.0 Å². The summed E-state index contributed by atoms with van der Waals surface area (Å²) < 4.78 is 0. The fraction of sp³-hybridized carbons (Fsp3) is 0.0769. The maximum Gasteiger partial charge on any atom is 0.277 e. The Bertz CT molecular complexity index is 1270. The van der Waals surface area contributed by atoms with Gasteiger partial charge >= 0.3 is 0 Å². The number of halogens is 2. The lowest BCUT2D eigenvalue weighted by atomic mass is 10.0. The summed E-state index contributed by atoms with van der Waals surface area (Å²) in [4.78, 5) is 28.2. The molecule has 3 aromatic carbocycles. The van der Waals surface area contributed by atoms with Crippen LogP contribution >= 0.6 is 23.2 Å². The summed E-state index contributed by atoms with van der Waals surface area (Å²) in [6.45, 7) is 0. The van der Waals surface area contributed by atoms with Crippen LogP contribution in [-0.4, -0.2) is 30.9 Å². The quantitative estimate of drug-likeness (QED) is 0.492. The van der Waals surface area contributed by atoms with Crippen LogP contribution in [0.1, 0.15) is 21.5 Å². The third kappa shape index (κ3) is 4.95. The van der Waals surface area contributed by atoms with Crippen molar-refractivity contribution in [2.24, 2.45) is 0 Å². The number of hydrogen-bond acceptors (Lipinski definition) is 3. The Morgan fingerprint density at radius 2 is 1.64 bits per heavy atom. The Labute approximate surface area is 202 Å². The number of carbonyl (C=O) groups is 2. The molecule has 2 amide bonds. The summed E-state index contributed by atoms with van der Waals surface area (Å²) in [5.74, 6) is -0.754. The number of nitrogens with one attached hydrogen (secondary N) is 1. The van der Waals surface area contributed by atoms with Crippen molar-refractivity contribution in [1.29, 1.82) is 0 Å². The topological polar surface area (TPSA) is 52.6 Å². The molecule has 7 heteroatoms. The normalized spacial score (nSPS) is 14.7. The van der Waals surface area contributed by atoms with Gasteiger partial charge in [-0.2, -0.15) is 0 Å². The summed E-state index contributed by atoms with van der Waals surface area (Å²) >= 11 is 12.3. The molecule has 33 heavy (non-hydrogen) atoms. The highest BCUT2D eigenvalue weighted by molar-refractivity contribution is 6.42. The zero-order valence-corrected chi connectivity index (χ0v) is 19.6. The zero-order chi connectivity index (χ0) is 23.5. The lowest BCUT2D eigenvalue weighted by molar-refractivity contribution is -0.120. The molecule has 3 aromatic rings. The highest BCUT2D eigenvalue weighted by atomic mass is 35.5. The number of benzene rings is 3. The first kappa shape index (κ1) is 22.6. The Balaban J connectivity index is 1.79. The molecule has 0 spiro atoms. The first-order valence-electron chi connectivity index (χ1n) is 10.2. The monoisotopic (exact) mass is 477 g/mol. The lowest BCUT2D eigenvalue weighted by Gasteiger charge is -2.30. The second-order valence-corrected chi connectivity index (χ2v) is 8.51. The van der Waals surface area contributed by atoms with E-state index in [2.05, 4.69) is 5.43 Å². The summed E-state index contributed by atoms with van der Waals surface area (Å²) in [6, 6.07) is 21.6. The van der Waals surface area contributed by atoms with Gasteiger partial charge in [0, 0.05) is 36.5 Å². The predicted molar refractivity (Wildman–Crippen MR) is 134 cm³/mol. The van der Waals surface area contributed by atoms with Gasteiger partial charge in [0.1, 0.15) is 0 Å². The van der Waals surface area contributed by atoms with Crippen LogP contribution in [0.25, 0.3) is 11.8 Å². The maximum atomic E-state index is 13.2. The molecule has 4 rings (SSSR count). The number of rotatable bonds is 4. The average molecular weight is 478 g/mol. The Morgan fingerprint density at radius 1 is 0.939 bits per heavy atom. The largest absolute Gasteiger partial charge is 0.378 e. The smallest absolute Gasteiger partial charge is 0.277 e. The van der Waals surface area contributed by atoms with Crippen LogP contribution in [-0.2, 0) is 4.79 Å². The van der Waals surface area contributed by atoms with Gasteiger partial charge < -0.3 is 4.90 Å². The van der Waals surface area contributed by atoms with Gasteiger partial charge in [0.2, 0.25) is 0 Å². The fourth-order valence-electron chi connectivity index (χ4n) is 3.40. The van der Waals surface area contributed by atoms with Gasteiger partial charge in [-0.05, 0) is 54.1 Å². The molecule has 0 bridgehead atoms. The van der Waals surface area contributed by atoms with Gasteiger partial charge in [0.25, 0.3) is 11.8 Å². The highest BCUT2D eigenvalue weighted by Gasteiger charge is 2.29. The van der Waals surface area contributed by atoms with Crippen molar-refractivity contribution in [3.63, 3.8) is 0 Å². The predicted octanol–water partition coefficient (Wildman–Crippen LogP) is 5.67. The molecule has 5 nitrogen and oxygen atoms in total. The van der Waals surface area contributed by atoms with Crippen molar-refractivity contribution in [2.45, 2.75) is 0 Å². The van der Waals surface area contributed by atoms with E-state index >= 15 is 0 Å². The van der Waals surface area contributed by atoms with Gasteiger partial charge in [-0.3, -0.25) is 15.0 Å². The van der Waals surface area contributed by atoms with E-state index in [1.165, 1.54) is 5.01 Å². The van der Waals surface area contributed by atoms with E-state index in [1.54, 1.807) is 54.6 Å². The first-order chi connectivity index (χ1) is 15.8. The third-order valence-corrected chi connectivity index (χ3v) is 5.92. The molecule has 0 radical (unpaired) electrons. The number of hydrazine groups is 1. The van der Waals surface area contributed by atoms with Crippen molar-refractivity contribution in [3.05, 3.63) is 111 Å².